The second-order valence-corrected chi connectivity index (χ2v) is 4.99. The summed E-state index contributed by atoms with van der Waals surface area (Å²) in [6, 6.07) is 0. The van der Waals surface area contributed by atoms with Crippen molar-refractivity contribution in [1.82, 2.24) is 9.80 Å². The largest absolute Gasteiger partial charge is 0.380 e. The Morgan fingerprint density at radius 2 is 0.900 bits per heavy atom. The zero-order valence-corrected chi connectivity index (χ0v) is 14.2. The molecule has 0 bridgehead atoms. The van der Waals surface area contributed by atoms with E-state index in [-0.39, 0.29) is 0 Å². The van der Waals surface area contributed by atoms with Crippen molar-refractivity contribution in [3.05, 3.63) is 0 Å². The third-order valence-electron chi connectivity index (χ3n) is 3.72. The molecule has 0 rings (SSSR count). The molecule has 0 N–H and O–H groups in total. The maximum atomic E-state index is 5.64. The van der Waals surface area contributed by atoms with Gasteiger partial charge in [-0.3, -0.25) is 0 Å². The van der Waals surface area contributed by atoms with Crippen LogP contribution in [0.3, 0.4) is 0 Å². The molecule has 0 aliphatic heterocycles. The molecule has 0 saturated carbocycles. The van der Waals surface area contributed by atoms with E-state index in [0.717, 1.165) is 78.5 Å². The van der Waals surface area contributed by atoms with E-state index in [1.54, 1.807) is 0 Å². The van der Waals surface area contributed by atoms with Crippen LogP contribution in [0.4, 0.5) is 0 Å². The lowest BCUT2D eigenvalue weighted by Gasteiger charge is -2.18. The molecule has 0 spiro atoms. The summed E-state index contributed by atoms with van der Waals surface area (Å²) >= 11 is 0. The number of likely N-dealkylation sites (N-methyl/N-ethyl adjacent to an activating group) is 2. The molecule has 0 aliphatic rings. The van der Waals surface area contributed by atoms with Gasteiger partial charge in [-0.1, -0.05) is 27.7 Å². The minimum Gasteiger partial charge on any atom is -0.380 e. The lowest BCUT2D eigenvalue weighted by atomic mass is 10.3. The average Bonchev–Trinajstić information content (AvgIpc) is 2.49. The highest BCUT2D eigenvalue weighted by molar-refractivity contribution is 4.51. The first kappa shape index (κ1) is 19.8. The molecule has 4 heteroatoms. The quantitative estimate of drug-likeness (QED) is 0.432. The predicted octanol–water partition coefficient (Wildman–Crippen LogP) is 2.48. The monoisotopic (exact) mass is 288 g/mol. The Morgan fingerprint density at radius 3 is 1.20 bits per heavy atom. The molecule has 0 unspecified atom stereocenters. The average molecular weight is 288 g/mol. The van der Waals surface area contributed by atoms with Crippen molar-refractivity contribution in [2.75, 3.05) is 65.7 Å². The Morgan fingerprint density at radius 1 is 0.550 bits per heavy atom. The van der Waals surface area contributed by atoms with Gasteiger partial charge in [-0.25, -0.2) is 0 Å². The summed E-state index contributed by atoms with van der Waals surface area (Å²) in [4.78, 5) is 4.77. The van der Waals surface area contributed by atoms with Gasteiger partial charge >= 0.3 is 0 Å². The summed E-state index contributed by atoms with van der Waals surface area (Å²) in [5.74, 6) is 0. The normalized spacial score (nSPS) is 11.7. The van der Waals surface area contributed by atoms with E-state index in [2.05, 4.69) is 37.5 Å². The van der Waals surface area contributed by atoms with Crippen molar-refractivity contribution in [2.45, 2.75) is 40.5 Å². The fourth-order valence-electron chi connectivity index (χ4n) is 2.08. The summed E-state index contributed by atoms with van der Waals surface area (Å²) in [5.41, 5.74) is 0. The van der Waals surface area contributed by atoms with E-state index >= 15 is 0 Å². The molecule has 0 aromatic carbocycles. The number of hydrogen-bond donors (Lipinski definition) is 0. The molecule has 0 saturated heterocycles. The molecule has 0 fully saturated rings. The van der Waals surface area contributed by atoms with E-state index in [9.17, 15) is 0 Å². The third kappa shape index (κ3) is 11.6. The predicted molar refractivity (Wildman–Crippen MR) is 86.4 cm³/mol. The molecule has 122 valence electrons. The van der Waals surface area contributed by atoms with E-state index in [4.69, 9.17) is 9.47 Å². The van der Waals surface area contributed by atoms with Crippen LogP contribution in [-0.4, -0.2) is 75.5 Å². The third-order valence-corrected chi connectivity index (χ3v) is 3.72. The number of unbranched alkanes of at least 4 members (excludes halogenated alkanes) is 1. The fraction of sp³-hybridized carbons (Fsp3) is 1.00. The van der Waals surface area contributed by atoms with Crippen LogP contribution in [0, 0.1) is 0 Å². The molecule has 4 nitrogen and oxygen atoms in total. The van der Waals surface area contributed by atoms with Gasteiger partial charge in [0.05, 0.1) is 13.2 Å². The number of rotatable bonds is 15. The van der Waals surface area contributed by atoms with Crippen LogP contribution < -0.4 is 0 Å². The van der Waals surface area contributed by atoms with Crippen molar-refractivity contribution in [3.63, 3.8) is 0 Å². The Hall–Kier alpha value is -0.160. The van der Waals surface area contributed by atoms with Crippen LogP contribution >= 0.6 is 0 Å². The molecule has 0 aromatic heterocycles. The van der Waals surface area contributed by atoms with Crippen LogP contribution in [0.2, 0.25) is 0 Å². The molecule has 20 heavy (non-hydrogen) atoms. The van der Waals surface area contributed by atoms with Crippen LogP contribution in [-0.2, 0) is 9.47 Å². The zero-order valence-electron chi connectivity index (χ0n) is 14.2. The van der Waals surface area contributed by atoms with Gasteiger partial charge < -0.3 is 19.3 Å². The second-order valence-electron chi connectivity index (χ2n) is 4.99. The SMILES string of the molecule is CCN(CC)CCOCCCCOCCN(CC)CC. The number of hydrogen-bond acceptors (Lipinski definition) is 4. The van der Waals surface area contributed by atoms with Gasteiger partial charge in [0.2, 0.25) is 0 Å². The van der Waals surface area contributed by atoms with E-state index in [0.29, 0.717) is 0 Å². The number of nitrogens with zero attached hydrogens (tertiary/aromatic N) is 2. The second kappa shape index (κ2) is 15.2. The first-order valence-electron chi connectivity index (χ1n) is 8.38. The summed E-state index contributed by atoms with van der Waals surface area (Å²) in [6.07, 6.45) is 2.20. The topological polar surface area (TPSA) is 24.9 Å². The molecule has 0 radical (unpaired) electrons. The Balaban J connectivity index is 3.17. The van der Waals surface area contributed by atoms with Gasteiger partial charge in [-0.05, 0) is 39.0 Å². The fourth-order valence-corrected chi connectivity index (χ4v) is 2.08. The smallest absolute Gasteiger partial charge is 0.0593 e. The Labute approximate surface area is 126 Å². The summed E-state index contributed by atoms with van der Waals surface area (Å²) < 4.78 is 11.3. The van der Waals surface area contributed by atoms with Crippen LogP contribution in [0.25, 0.3) is 0 Å². The van der Waals surface area contributed by atoms with Crippen LogP contribution in [0.15, 0.2) is 0 Å². The van der Waals surface area contributed by atoms with Crippen molar-refractivity contribution < 1.29 is 9.47 Å². The van der Waals surface area contributed by atoms with E-state index in [1.807, 2.05) is 0 Å². The van der Waals surface area contributed by atoms with Gasteiger partial charge in [0.1, 0.15) is 0 Å². The summed E-state index contributed by atoms with van der Waals surface area (Å²) in [5, 5.41) is 0. The van der Waals surface area contributed by atoms with Crippen LogP contribution in [0.1, 0.15) is 40.5 Å². The summed E-state index contributed by atoms with van der Waals surface area (Å²) in [7, 11) is 0. The van der Waals surface area contributed by atoms with Gasteiger partial charge in [0.25, 0.3) is 0 Å². The van der Waals surface area contributed by atoms with Gasteiger partial charge in [0.15, 0.2) is 0 Å². The highest BCUT2D eigenvalue weighted by Gasteiger charge is 1.99. The Kier molecular flexibility index (Phi) is 15.1. The molecule has 0 atom stereocenters. The van der Waals surface area contributed by atoms with E-state index in [1.165, 1.54) is 0 Å². The standard InChI is InChI=1S/C16H36N2O2/c1-5-17(6-2)11-15-19-13-9-10-14-20-16-12-18(7-3)8-4/h5-16H2,1-4H3. The molecule has 0 aromatic rings. The minimum absolute atomic E-state index is 0.852. The molecule has 0 amide bonds. The van der Waals surface area contributed by atoms with Gasteiger partial charge in [-0.15, -0.1) is 0 Å². The van der Waals surface area contributed by atoms with Gasteiger partial charge in [-0.2, -0.15) is 0 Å². The molecular weight excluding hydrogens is 252 g/mol. The number of ether oxygens (including phenoxy) is 2. The zero-order chi connectivity index (χ0) is 15.1. The molecule has 0 heterocycles. The lowest BCUT2D eigenvalue weighted by molar-refractivity contribution is 0.0818. The Bertz CT molecular complexity index is 163. The van der Waals surface area contributed by atoms with Crippen molar-refractivity contribution in [2.24, 2.45) is 0 Å². The van der Waals surface area contributed by atoms with Crippen molar-refractivity contribution in [3.8, 4) is 0 Å². The summed E-state index contributed by atoms with van der Waals surface area (Å²) in [6.45, 7) is 18.7. The van der Waals surface area contributed by atoms with Crippen molar-refractivity contribution >= 4 is 0 Å². The minimum atomic E-state index is 0.852. The van der Waals surface area contributed by atoms with Crippen molar-refractivity contribution in [1.29, 1.82) is 0 Å². The first-order chi connectivity index (χ1) is 9.78. The van der Waals surface area contributed by atoms with Gasteiger partial charge in [0, 0.05) is 26.3 Å². The first-order valence-corrected chi connectivity index (χ1v) is 8.38. The lowest BCUT2D eigenvalue weighted by Crippen LogP contribution is -2.27. The maximum Gasteiger partial charge on any atom is 0.0593 e. The highest BCUT2D eigenvalue weighted by Crippen LogP contribution is 1.94. The van der Waals surface area contributed by atoms with Crippen LogP contribution in [0.5, 0.6) is 0 Å². The highest BCUT2D eigenvalue weighted by atomic mass is 16.5. The molecule has 0 aliphatic carbocycles. The molecular formula is C16H36N2O2. The van der Waals surface area contributed by atoms with E-state index < -0.39 is 0 Å². The maximum absolute atomic E-state index is 5.64.